The van der Waals surface area contributed by atoms with E-state index in [1.54, 1.807) is 0 Å². The van der Waals surface area contributed by atoms with Crippen LogP contribution in [0.4, 0.5) is 5.82 Å². The van der Waals surface area contributed by atoms with Crippen LogP contribution in [0.5, 0.6) is 0 Å². The van der Waals surface area contributed by atoms with E-state index in [2.05, 4.69) is 42.4 Å². The van der Waals surface area contributed by atoms with Gasteiger partial charge in [0.15, 0.2) is 0 Å². The Kier molecular flexibility index (Phi) is 5.61. The number of ether oxygens (including phenoxy) is 1. The Morgan fingerprint density at radius 1 is 1.37 bits per heavy atom. The average molecular weight is 263 g/mol. The first-order valence-corrected chi connectivity index (χ1v) is 7.25. The van der Waals surface area contributed by atoms with Crippen LogP contribution in [0.3, 0.4) is 0 Å². The average Bonchev–Trinajstić information content (AvgIpc) is 2.46. The lowest BCUT2D eigenvalue weighted by atomic mass is 10.00. The molecule has 0 atom stereocenters. The van der Waals surface area contributed by atoms with Crippen molar-refractivity contribution >= 4 is 5.82 Å². The fourth-order valence-corrected chi connectivity index (χ4v) is 2.44. The molecule has 1 aliphatic heterocycles. The molecule has 0 aromatic carbocycles. The summed E-state index contributed by atoms with van der Waals surface area (Å²) in [6, 6.07) is 6.26. The van der Waals surface area contributed by atoms with Gasteiger partial charge in [-0.05, 0) is 37.4 Å². The van der Waals surface area contributed by atoms with Gasteiger partial charge in [-0.25, -0.2) is 4.98 Å². The van der Waals surface area contributed by atoms with Crippen LogP contribution in [0.15, 0.2) is 18.2 Å². The van der Waals surface area contributed by atoms with E-state index in [9.17, 15) is 0 Å². The Labute approximate surface area is 116 Å². The first-order chi connectivity index (χ1) is 9.29. The van der Waals surface area contributed by atoms with Crippen molar-refractivity contribution in [2.45, 2.75) is 26.3 Å². The highest BCUT2D eigenvalue weighted by atomic mass is 16.5. The molecule has 1 aliphatic rings. The zero-order valence-corrected chi connectivity index (χ0v) is 12.1. The van der Waals surface area contributed by atoms with Crippen molar-refractivity contribution in [3.63, 3.8) is 0 Å². The van der Waals surface area contributed by atoms with E-state index in [1.807, 2.05) is 0 Å². The summed E-state index contributed by atoms with van der Waals surface area (Å²) < 4.78 is 5.41. The monoisotopic (exact) mass is 263 g/mol. The van der Waals surface area contributed by atoms with Crippen LogP contribution in [0.25, 0.3) is 0 Å². The predicted octanol–water partition coefficient (Wildman–Crippen LogP) is 2.05. The van der Waals surface area contributed by atoms with Crippen LogP contribution in [0.2, 0.25) is 0 Å². The van der Waals surface area contributed by atoms with Gasteiger partial charge in [0.05, 0.1) is 5.69 Å². The largest absolute Gasteiger partial charge is 0.381 e. The Balaban J connectivity index is 1.91. The van der Waals surface area contributed by atoms with Crippen LogP contribution in [-0.4, -0.2) is 38.3 Å². The molecule has 0 amide bonds. The maximum absolute atomic E-state index is 5.41. The second kappa shape index (κ2) is 7.46. The zero-order valence-electron chi connectivity index (χ0n) is 12.1. The van der Waals surface area contributed by atoms with Gasteiger partial charge in [-0.15, -0.1) is 0 Å². The third-order valence-electron chi connectivity index (χ3n) is 3.61. The van der Waals surface area contributed by atoms with Crippen molar-refractivity contribution in [3.8, 4) is 0 Å². The van der Waals surface area contributed by atoms with Crippen LogP contribution >= 0.6 is 0 Å². The highest BCUT2D eigenvalue weighted by Crippen LogP contribution is 2.18. The summed E-state index contributed by atoms with van der Waals surface area (Å²) in [7, 11) is 2.13. The van der Waals surface area contributed by atoms with Crippen molar-refractivity contribution in [1.29, 1.82) is 0 Å². The number of nitrogens with one attached hydrogen (secondary N) is 1. The van der Waals surface area contributed by atoms with Gasteiger partial charge in [0, 0.05) is 33.4 Å². The number of pyridine rings is 1. The van der Waals surface area contributed by atoms with E-state index in [1.165, 1.54) is 12.8 Å². The van der Waals surface area contributed by atoms with Gasteiger partial charge < -0.3 is 15.0 Å². The molecule has 1 aromatic heterocycles. The second-order valence-corrected chi connectivity index (χ2v) is 5.20. The topological polar surface area (TPSA) is 37.4 Å². The van der Waals surface area contributed by atoms with Gasteiger partial charge in [-0.2, -0.15) is 0 Å². The molecule has 19 heavy (non-hydrogen) atoms. The van der Waals surface area contributed by atoms with Gasteiger partial charge in [-0.1, -0.05) is 13.0 Å². The first-order valence-electron chi connectivity index (χ1n) is 7.25. The summed E-state index contributed by atoms with van der Waals surface area (Å²) in [4.78, 5) is 6.98. The minimum atomic E-state index is 0.734. The standard InChI is InChI=1S/C15H25N3O/c1-3-16-11-14-5-4-6-15(17-14)18(2)12-13-7-9-19-10-8-13/h4-6,13,16H,3,7-12H2,1-2H3. The SMILES string of the molecule is CCNCc1cccc(N(C)CC2CCOCC2)n1. The molecule has 0 bridgehead atoms. The van der Waals surface area contributed by atoms with Crippen molar-refractivity contribution < 1.29 is 4.74 Å². The number of hydrogen-bond acceptors (Lipinski definition) is 4. The Morgan fingerprint density at radius 3 is 2.89 bits per heavy atom. The molecule has 4 nitrogen and oxygen atoms in total. The number of hydrogen-bond donors (Lipinski definition) is 1. The molecule has 106 valence electrons. The molecule has 2 heterocycles. The van der Waals surface area contributed by atoms with E-state index in [0.717, 1.165) is 50.3 Å². The molecular formula is C15H25N3O. The molecule has 1 aromatic rings. The van der Waals surface area contributed by atoms with Gasteiger partial charge in [0.1, 0.15) is 5.82 Å². The minimum Gasteiger partial charge on any atom is -0.381 e. The lowest BCUT2D eigenvalue weighted by Gasteiger charge is -2.28. The molecule has 0 aliphatic carbocycles. The van der Waals surface area contributed by atoms with Crippen LogP contribution in [-0.2, 0) is 11.3 Å². The summed E-state index contributed by atoms with van der Waals surface area (Å²) in [5.74, 6) is 1.81. The minimum absolute atomic E-state index is 0.734. The normalized spacial score (nSPS) is 16.5. The lowest BCUT2D eigenvalue weighted by Crippen LogP contribution is -2.30. The molecule has 1 saturated heterocycles. The van der Waals surface area contributed by atoms with Crippen LogP contribution < -0.4 is 10.2 Å². The highest BCUT2D eigenvalue weighted by Gasteiger charge is 2.16. The first kappa shape index (κ1) is 14.3. The number of rotatable bonds is 6. The third-order valence-corrected chi connectivity index (χ3v) is 3.61. The molecular weight excluding hydrogens is 238 g/mol. The number of aromatic nitrogens is 1. The van der Waals surface area contributed by atoms with Crippen molar-refractivity contribution in [2.24, 2.45) is 5.92 Å². The van der Waals surface area contributed by atoms with E-state index < -0.39 is 0 Å². The molecule has 0 saturated carbocycles. The Hall–Kier alpha value is -1.13. The maximum atomic E-state index is 5.41. The van der Waals surface area contributed by atoms with Gasteiger partial charge >= 0.3 is 0 Å². The van der Waals surface area contributed by atoms with Crippen molar-refractivity contribution in [3.05, 3.63) is 23.9 Å². The summed E-state index contributed by atoms with van der Waals surface area (Å²) in [6.45, 7) is 6.82. The third kappa shape index (κ3) is 4.48. The molecule has 0 spiro atoms. The van der Waals surface area contributed by atoms with E-state index in [-0.39, 0.29) is 0 Å². The summed E-state index contributed by atoms with van der Waals surface area (Å²) in [5.41, 5.74) is 1.11. The van der Waals surface area contributed by atoms with Gasteiger partial charge in [0.25, 0.3) is 0 Å². The second-order valence-electron chi connectivity index (χ2n) is 5.20. The van der Waals surface area contributed by atoms with Crippen molar-refractivity contribution in [1.82, 2.24) is 10.3 Å². The quantitative estimate of drug-likeness (QED) is 0.852. The molecule has 1 fully saturated rings. The Bertz CT molecular complexity index is 377. The highest BCUT2D eigenvalue weighted by molar-refractivity contribution is 5.38. The van der Waals surface area contributed by atoms with Crippen molar-refractivity contribution in [2.75, 3.05) is 38.3 Å². The molecule has 4 heteroatoms. The molecule has 1 N–H and O–H groups in total. The fraction of sp³-hybridized carbons (Fsp3) is 0.667. The smallest absolute Gasteiger partial charge is 0.128 e. The van der Waals surface area contributed by atoms with E-state index in [0.29, 0.717) is 0 Å². The summed E-state index contributed by atoms with van der Waals surface area (Å²) in [5, 5.41) is 3.31. The number of anilines is 1. The maximum Gasteiger partial charge on any atom is 0.128 e. The Morgan fingerprint density at radius 2 is 2.16 bits per heavy atom. The lowest BCUT2D eigenvalue weighted by molar-refractivity contribution is 0.0685. The number of nitrogens with zero attached hydrogens (tertiary/aromatic N) is 2. The fourth-order valence-electron chi connectivity index (χ4n) is 2.44. The van der Waals surface area contributed by atoms with Gasteiger partial charge in [-0.3, -0.25) is 0 Å². The van der Waals surface area contributed by atoms with E-state index >= 15 is 0 Å². The summed E-state index contributed by atoms with van der Waals surface area (Å²) >= 11 is 0. The molecule has 0 unspecified atom stereocenters. The zero-order chi connectivity index (χ0) is 13.5. The van der Waals surface area contributed by atoms with E-state index in [4.69, 9.17) is 9.72 Å². The van der Waals surface area contributed by atoms with Gasteiger partial charge in [0.2, 0.25) is 0 Å². The molecule has 2 rings (SSSR count). The predicted molar refractivity (Wildman–Crippen MR) is 78.4 cm³/mol. The van der Waals surface area contributed by atoms with Crippen LogP contribution in [0.1, 0.15) is 25.5 Å². The summed E-state index contributed by atoms with van der Waals surface area (Å²) in [6.07, 6.45) is 2.34. The molecule has 0 radical (unpaired) electrons. The van der Waals surface area contributed by atoms with Crippen LogP contribution in [0, 0.1) is 5.92 Å².